The van der Waals surface area contributed by atoms with Crippen LogP contribution in [-0.2, 0) is 0 Å². The van der Waals surface area contributed by atoms with Crippen LogP contribution < -0.4 is 0 Å². The average molecular weight is 678 g/mol. The Labute approximate surface area is 306 Å². The van der Waals surface area contributed by atoms with Gasteiger partial charge in [0, 0.05) is 21.9 Å². The Morgan fingerprint density at radius 2 is 0.792 bits per heavy atom. The lowest BCUT2D eigenvalue weighted by molar-refractivity contribution is 0.669. The Bertz CT molecular complexity index is 2950. The second-order valence-electron chi connectivity index (χ2n) is 13.2. The van der Waals surface area contributed by atoms with Crippen LogP contribution in [0, 0.1) is 0 Å². The quantitative estimate of drug-likeness (QED) is 0.176. The summed E-state index contributed by atoms with van der Waals surface area (Å²) in [5.41, 5.74) is 11.3. The summed E-state index contributed by atoms with van der Waals surface area (Å²) >= 11 is 0. The summed E-state index contributed by atoms with van der Waals surface area (Å²) in [5, 5.41) is 4.48. The van der Waals surface area contributed by atoms with Gasteiger partial charge in [0.1, 0.15) is 11.2 Å². The van der Waals surface area contributed by atoms with Crippen molar-refractivity contribution in [3.63, 3.8) is 0 Å². The van der Waals surface area contributed by atoms with Crippen LogP contribution in [-0.4, -0.2) is 15.0 Å². The Hall–Kier alpha value is -7.17. The monoisotopic (exact) mass is 677 g/mol. The van der Waals surface area contributed by atoms with Crippen LogP contribution in [0.5, 0.6) is 0 Å². The highest BCUT2D eigenvalue weighted by molar-refractivity contribution is 6.09. The Kier molecular flexibility index (Phi) is 7.43. The molecule has 0 bridgehead atoms. The Morgan fingerprint density at radius 1 is 0.283 bits per heavy atom. The van der Waals surface area contributed by atoms with Gasteiger partial charge in [-0.25, -0.2) is 15.0 Å². The number of benzene rings is 8. The van der Waals surface area contributed by atoms with Crippen LogP contribution in [0.15, 0.2) is 192 Å². The summed E-state index contributed by atoms with van der Waals surface area (Å²) in [4.78, 5) is 15.2. The second-order valence-corrected chi connectivity index (χ2v) is 13.2. The molecule has 53 heavy (non-hydrogen) atoms. The van der Waals surface area contributed by atoms with Gasteiger partial charge in [-0.2, -0.15) is 0 Å². The fraction of sp³-hybridized carbons (Fsp3) is 0. The summed E-state index contributed by atoms with van der Waals surface area (Å²) in [6.07, 6.45) is 0. The van der Waals surface area contributed by atoms with Crippen molar-refractivity contribution in [1.82, 2.24) is 15.0 Å². The maximum Gasteiger partial charge on any atom is 0.167 e. The minimum atomic E-state index is 0.566. The first-order valence-corrected chi connectivity index (χ1v) is 17.8. The van der Waals surface area contributed by atoms with Crippen LogP contribution in [0.1, 0.15) is 0 Å². The smallest absolute Gasteiger partial charge is 0.167 e. The van der Waals surface area contributed by atoms with Crippen molar-refractivity contribution in [3.05, 3.63) is 188 Å². The first-order chi connectivity index (χ1) is 26.3. The molecule has 0 aliphatic rings. The normalized spacial score (nSPS) is 11.4. The van der Waals surface area contributed by atoms with E-state index in [1.807, 2.05) is 60.7 Å². The fourth-order valence-electron chi connectivity index (χ4n) is 7.46. The molecule has 0 unspecified atom stereocenters. The Balaban J connectivity index is 1.12. The molecule has 0 saturated carbocycles. The number of fused-ring (bicyclic) bond motifs is 4. The van der Waals surface area contributed by atoms with E-state index in [1.54, 1.807) is 0 Å². The van der Waals surface area contributed by atoms with Gasteiger partial charge in [-0.1, -0.05) is 170 Å². The molecule has 4 nitrogen and oxygen atoms in total. The van der Waals surface area contributed by atoms with E-state index in [0.29, 0.717) is 17.5 Å². The molecule has 0 saturated heterocycles. The zero-order valence-corrected chi connectivity index (χ0v) is 28.6. The number of aromatic nitrogens is 3. The average Bonchev–Trinajstić information content (AvgIpc) is 3.63. The largest absolute Gasteiger partial charge is 0.455 e. The summed E-state index contributed by atoms with van der Waals surface area (Å²) in [5.74, 6) is 1.77. The molecule has 10 aromatic rings. The highest BCUT2D eigenvalue weighted by Crippen LogP contribution is 2.41. The van der Waals surface area contributed by atoms with Gasteiger partial charge in [-0.3, -0.25) is 0 Å². The molecule has 0 radical (unpaired) electrons. The molecular formula is C49H31N3O. The van der Waals surface area contributed by atoms with Crippen LogP contribution >= 0.6 is 0 Å². The third-order valence-electron chi connectivity index (χ3n) is 9.97. The highest BCUT2D eigenvalue weighted by atomic mass is 16.3. The van der Waals surface area contributed by atoms with E-state index in [-0.39, 0.29) is 0 Å². The molecule has 2 heterocycles. The predicted octanol–water partition coefficient (Wildman–Crippen LogP) is 12.9. The van der Waals surface area contributed by atoms with Crippen molar-refractivity contribution in [2.75, 3.05) is 0 Å². The van der Waals surface area contributed by atoms with Gasteiger partial charge in [-0.05, 0) is 62.4 Å². The molecular weight excluding hydrogens is 647 g/mol. The molecule has 8 aromatic carbocycles. The minimum absolute atomic E-state index is 0.566. The van der Waals surface area contributed by atoms with Gasteiger partial charge >= 0.3 is 0 Å². The number of rotatable bonds is 6. The summed E-state index contributed by atoms with van der Waals surface area (Å²) in [6, 6.07) is 65.3. The molecule has 4 heteroatoms. The van der Waals surface area contributed by atoms with Gasteiger partial charge < -0.3 is 4.42 Å². The molecule has 0 N–H and O–H groups in total. The van der Waals surface area contributed by atoms with E-state index in [4.69, 9.17) is 19.4 Å². The lowest BCUT2D eigenvalue weighted by Gasteiger charge is -2.16. The molecule has 0 aliphatic heterocycles. The van der Waals surface area contributed by atoms with E-state index < -0.39 is 0 Å². The van der Waals surface area contributed by atoms with Crippen LogP contribution in [0.25, 0.3) is 100 Å². The van der Waals surface area contributed by atoms with Gasteiger partial charge in [0.05, 0.1) is 5.56 Å². The molecule has 2 aromatic heterocycles. The summed E-state index contributed by atoms with van der Waals surface area (Å²) in [6.45, 7) is 0. The van der Waals surface area contributed by atoms with Gasteiger partial charge in [0.2, 0.25) is 0 Å². The van der Waals surface area contributed by atoms with Gasteiger partial charge in [-0.15, -0.1) is 0 Å². The Morgan fingerprint density at radius 3 is 1.58 bits per heavy atom. The second kappa shape index (κ2) is 12.9. The molecule has 0 aliphatic carbocycles. The minimum Gasteiger partial charge on any atom is -0.455 e. The fourth-order valence-corrected chi connectivity index (χ4v) is 7.46. The molecule has 248 valence electrons. The van der Waals surface area contributed by atoms with Crippen LogP contribution in [0.3, 0.4) is 0 Å². The van der Waals surface area contributed by atoms with E-state index in [2.05, 4.69) is 127 Å². The SMILES string of the molecule is c1ccc(-c2nc(-c3cccc(-c4ccc(-c5ccccc5-c5ccccc5)c5ccccc45)c3)nc(-c3cccc4c3oc3ccccc34)n2)cc1. The van der Waals surface area contributed by atoms with E-state index in [9.17, 15) is 0 Å². The van der Waals surface area contributed by atoms with Crippen LogP contribution in [0.2, 0.25) is 0 Å². The van der Waals surface area contributed by atoms with Crippen molar-refractivity contribution in [1.29, 1.82) is 0 Å². The van der Waals surface area contributed by atoms with Gasteiger partial charge in [0.25, 0.3) is 0 Å². The van der Waals surface area contributed by atoms with Crippen molar-refractivity contribution in [2.24, 2.45) is 0 Å². The number of hydrogen-bond acceptors (Lipinski definition) is 4. The zero-order chi connectivity index (χ0) is 35.1. The molecule has 0 fully saturated rings. The van der Waals surface area contributed by atoms with Crippen molar-refractivity contribution in [3.8, 4) is 67.5 Å². The van der Waals surface area contributed by atoms with Gasteiger partial charge in [0.15, 0.2) is 17.5 Å². The van der Waals surface area contributed by atoms with Crippen molar-refractivity contribution < 1.29 is 4.42 Å². The number of hydrogen-bond donors (Lipinski definition) is 0. The van der Waals surface area contributed by atoms with E-state index in [1.165, 1.54) is 33.0 Å². The highest BCUT2D eigenvalue weighted by Gasteiger charge is 2.19. The lowest BCUT2D eigenvalue weighted by atomic mass is 9.88. The standard InChI is InChI=1S/C49H31N3O/c1-3-15-32(16-4-1)36-21-7-8-22-38(36)41-30-29-37(39-23-9-10-24-40(39)41)34-19-13-20-35(31-34)48-50-47(33-17-5-2-6-18-33)51-49(52-48)44-27-14-26-43-42-25-11-12-28-45(42)53-46(43)44/h1-31H. The first kappa shape index (κ1) is 30.6. The van der Waals surface area contributed by atoms with Crippen LogP contribution in [0.4, 0.5) is 0 Å². The van der Waals surface area contributed by atoms with Crippen molar-refractivity contribution in [2.45, 2.75) is 0 Å². The van der Waals surface area contributed by atoms with E-state index >= 15 is 0 Å². The molecule has 0 atom stereocenters. The zero-order valence-electron chi connectivity index (χ0n) is 28.6. The maximum absolute atomic E-state index is 6.42. The number of para-hydroxylation sites is 2. The van der Waals surface area contributed by atoms with E-state index in [0.717, 1.165) is 49.8 Å². The summed E-state index contributed by atoms with van der Waals surface area (Å²) in [7, 11) is 0. The summed E-state index contributed by atoms with van der Waals surface area (Å²) < 4.78 is 6.42. The third kappa shape index (κ3) is 5.45. The molecule has 0 amide bonds. The molecule has 10 rings (SSSR count). The third-order valence-corrected chi connectivity index (χ3v) is 9.97. The first-order valence-electron chi connectivity index (χ1n) is 17.8. The maximum atomic E-state index is 6.42. The predicted molar refractivity (Wildman–Crippen MR) is 217 cm³/mol. The number of nitrogens with zero attached hydrogens (tertiary/aromatic N) is 3. The molecule has 0 spiro atoms. The lowest BCUT2D eigenvalue weighted by Crippen LogP contribution is -2.00. The van der Waals surface area contributed by atoms with Crippen molar-refractivity contribution >= 4 is 32.7 Å². The topological polar surface area (TPSA) is 51.8 Å². The number of furan rings is 1.